The summed E-state index contributed by atoms with van der Waals surface area (Å²) in [7, 11) is 0. The maximum absolute atomic E-state index is 12.7. The lowest BCUT2D eigenvalue weighted by atomic mass is 9.93. The van der Waals surface area contributed by atoms with Gasteiger partial charge in [-0.05, 0) is 49.6 Å². The van der Waals surface area contributed by atoms with Crippen LogP contribution in [0, 0.1) is 6.92 Å². The van der Waals surface area contributed by atoms with Crippen molar-refractivity contribution in [3.05, 3.63) is 63.6 Å². The Morgan fingerprint density at radius 2 is 2.00 bits per heavy atom. The number of nitrogens with zero attached hydrogens (tertiary/aromatic N) is 1. The predicted molar refractivity (Wildman–Crippen MR) is 89.8 cm³/mol. The zero-order valence-corrected chi connectivity index (χ0v) is 13.9. The lowest BCUT2D eigenvalue weighted by Gasteiger charge is -2.15. The molecule has 1 heterocycles. The third kappa shape index (κ3) is 2.62. The molecule has 1 aliphatic heterocycles. The summed E-state index contributed by atoms with van der Waals surface area (Å²) < 4.78 is 1.03. The molecule has 2 aromatic rings. The minimum Gasteiger partial charge on any atom is -0.312 e. The fourth-order valence-corrected chi connectivity index (χ4v) is 3.47. The number of likely N-dealkylation sites (N-methyl/N-ethyl adjacent to an activating group) is 1. The molecule has 0 radical (unpaired) electrons. The molecular weight excluding hydrogens is 326 g/mol. The maximum Gasteiger partial charge on any atom is 0.234 e. The fraction of sp³-hybridized carbons (Fsp3) is 0.278. The second-order valence-electron chi connectivity index (χ2n) is 5.53. The Morgan fingerprint density at radius 1 is 1.19 bits per heavy atom. The average molecular weight is 344 g/mol. The third-order valence-electron chi connectivity index (χ3n) is 4.06. The van der Waals surface area contributed by atoms with E-state index in [9.17, 15) is 4.79 Å². The van der Waals surface area contributed by atoms with E-state index in [0.717, 1.165) is 28.7 Å². The fourth-order valence-electron chi connectivity index (χ4n) is 3.09. The van der Waals surface area contributed by atoms with Crippen LogP contribution in [0.5, 0.6) is 0 Å². The molecule has 1 atom stereocenters. The van der Waals surface area contributed by atoms with Crippen LogP contribution >= 0.6 is 15.9 Å². The number of hydrogen-bond acceptors (Lipinski definition) is 1. The number of fused-ring (bicyclic) bond motifs is 1. The number of rotatable bonds is 3. The minimum absolute atomic E-state index is 0.0701. The number of hydrogen-bond donors (Lipinski definition) is 0. The van der Waals surface area contributed by atoms with Gasteiger partial charge in [0.25, 0.3) is 0 Å². The van der Waals surface area contributed by atoms with Crippen LogP contribution in [-0.2, 0) is 11.2 Å². The van der Waals surface area contributed by atoms with Gasteiger partial charge >= 0.3 is 0 Å². The van der Waals surface area contributed by atoms with Gasteiger partial charge in [-0.2, -0.15) is 0 Å². The van der Waals surface area contributed by atoms with E-state index in [4.69, 9.17) is 0 Å². The van der Waals surface area contributed by atoms with E-state index in [1.165, 1.54) is 11.1 Å². The highest BCUT2D eigenvalue weighted by Gasteiger charge is 2.36. The highest BCUT2D eigenvalue weighted by Crippen LogP contribution is 2.40. The van der Waals surface area contributed by atoms with E-state index in [1.807, 2.05) is 24.0 Å². The molecule has 0 aliphatic carbocycles. The van der Waals surface area contributed by atoms with Crippen molar-refractivity contribution in [2.45, 2.75) is 26.2 Å². The van der Waals surface area contributed by atoms with Crippen molar-refractivity contribution in [1.29, 1.82) is 0 Å². The van der Waals surface area contributed by atoms with Crippen molar-refractivity contribution >= 4 is 27.5 Å². The molecule has 0 spiro atoms. The highest BCUT2D eigenvalue weighted by molar-refractivity contribution is 9.10. The van der Waals surface area contributed by atoms with E-state index in [-0.39, 0.29) is 11.8 Å². The van der Waals surface area contributed by atoms with Crippen LogP contribution in [0.4, 0.5) is 5.69 Å². The molecule has 0 unspecified atom stereocenters. The standard InChI is InChI=1S/C18H18BrNO/c1-3-20-17-8-7-14(19)11-15(17)16(18(20)21)10-13-6-4-5-12(2)9-13/h4-9,11,16H,3,10H2,1-2H3/t16-/m0/s1. The summed E-state index contributed by atoms with van der Waals surface area (Å²) in [4.78, 5) is 14.6. The number of carbonyl (C=O) groups excluding carboxylic acids is 1. The van der Waals surface area contributed by atoms with Crippen molar-refractivity contribution in [2.75, 3.05) is 11.4 Å². The van der Waals surface area contributed by atoms with E-state index >= 15 is 0 Å². The Kier molecular flexibility index (Phi) is 3.85. The normalized spacial score (nSPS) is 17.2. The van der Waals surface area contributed by atoms with Gasteiger partial charge in [-0.15, -0.1) is 0 Å². The van der Waals surface area contributed by atoms with Crippen molar-refractivity contribution in [1.82, 2.24) is 0 Å². The van der Waals surface area contributed by atoms with Gasteiger partial charge in [0.1, 0.15) is 0 Å². The summed E-state index contributed by atoms with van der Waals surface area (Å²) in [6, 6.07) is 14.5. The average Bonchev–Trinajstić information content (AvgIpc) is 2.71. The summed E-state index contributed by atoms with van der Waals surface area (Å²) in [6.07, 6.45) is 0.764. The lowest BCUT2D eigenvalue weighted by Crippen LogP contribution is -2.29. The number of amides is 1. The van der Waals surface area contributed by atoms with Gasteiger partial charge in [-0.25, -0.2) is 0 Å². The van der Waals surface area contributed by atoms with Crippen molar-refractivity contribution in [3.63, 3.8) is 0 Å². The van der Waals surface area contributed by atoms with Gasteiger partial charge in [-0.3, -0.25) is 4.79 Å². The first-order valence-electron chi connectivity index (χ1n) is 7.26. The van der Waals surface area contributed by atoms with Crippen LogP contribution in [0.1, 0.15) is 29.5 Å². The molecule has 2 nitrogen and oxygen atoms in total. The van der Waals surface area contributed by atoms with Crippen molar-refractivity contribution in [3.8, 4) is 0 Å². The van der Waals surface area contributed by atoms with Crippen LogP contribution in [-0.4, -0.2) is 12.5 Å². The quantitative estimate of drug-likeness (QED) is 0.806. The molecule has 108 valence electrons. The molecule has 0 saturated carbocycles. The van der Waals surface area contributed by atoms with Crippen molar-refractivity contribution < 1.29 is 4.79 Å². The van der Waals surface area contributed by atoms with Crippen LogP contribution in [0.15, 0.2) is 46.9 Å². The number of carbonyl (C=O) groups is 1. The maximum atomic E-state index is 12.7. The second kappa shape index (κ2) is 5.64. The molecule has 21 heavy (non-hydrogen) atoms. The molecular formula is C18H18BrNO. The summed E-state index contributed by atoms with van der Waals surface area (Å²) >= 11 is 3.52. The summed E-state index contributed by atoms with van der Waals surface area (Å²) in [6.45, 7) is 4.83. The van der Waals surface area contributed by atoms with Gasteiger partial charge in [-0.1, -0.05) is 45.8 Å². The first kappa shape index (κ1) is 14.3. The SMILES string of the molecule is CCN1C(=O)[C@@H](Cc2cccc(C)c2)c2cc(Br)ccc21. The largest absolute Gasteiger partial charge is 0.312 e. The topological polar surface area (TPSA) is 20.3 Å². The summed E-state index contributed by atoms with van der Waals surface area (Å²) in [5.74, 6) is 0.145. The third-order valence-corrected chi connectivity index (χ3v) is 4.55. The molecule has 1 amide bonds. The summed E-state index contributed by atoms with van der Waals surface area (Å²) in [5, 5.41) is 0. The van der Waals surface area contributed by atoms with E-state index in [0.29, 0.717) is 0 Å². The zero-order chi connectivity index (χ0) is 15.0. The summed E-state index contributed by atoms with van der Waals surface area (Å²) in [5.41, 5.74) is 4.65. The number of halogens is 1. The van der Waals surface area contributed by atoms with E-state index in [1.54, 1.807) is 0 Å². The molecule has 0 saturated heterocycles. The van der Waals surface area contributed by atoms with Crippen molar-refractivity contribution in [2.24, 2.45) is 0 Å². The predicted octanol–water partition coefficient (Wildman–Crippen LogP) is 4.45. The molecule has 2 aromatic carbocycles. The molecule has 3 heteroatoms. The first-order chi connectivity index (χ1) is 10.1. The zero-order valence-electron chi connectivity index (χ0n) is 12.3. The highest BCUT2D eigenvalue weighted by atomic mass is 79.9. The van der Waals surface area contributed by atoms with Crippen LogP contribution in [0.3, 0.4) is 0 Å². The van der Waals surface area contributed by atoms with Gasteiger partial charge in [0.15, 0.2) is 0 Å². The molecule has 0 N–H and O–H groups in total. The first-order valence-corrected chi connectivity index (χ1v) is 8.06. The number of benzene rings is 2. The minimum atomic E-state index is -0.0701. The number of anilines is 1. The molecule has 3 rings (SSSR count). The Hall–Kier alpha value is -1.61. The van der Waals surface area contributed by atoms with Gasteiger partial charge in [0.2, 0.25) is 5.91 Å². The molecule has 0 aromatic heterocycles. The van der Waals surface area contributed by atoms with Crippen LogP contribution < -0.4 is 4.90 Å². The Bertz CT molecular complexity index is 695. The molecule has 0 fully saturated rings. The Morgan fingerprint density at radius 3 is 2.71 bits per heavy atom. The van der Waals surface area contributed by atoms with E-state index in [2.05, 4.69) is 53.2 Å². The molecule has 0 bridgehead atoms. The number of aryl methyl sites for hydroxylation is 1. The smallest absolute Gasteiger partial charge is 0.234 e. The Labute approximate surface area is 133 Å². The van der Waals surface area contributed by atoms with Crippen LogP contribution in [0.25, 0.3) is 0 Å². The monoisotopic (exact) mass is 343 g/mol. The van der Waals surface area contributed by atoms with Gasteiger partial charge < -0.3 is 4.90 Å². The van der Waals surface area contributed by atoms with E-state index < -0.39 is 0 Å². The van der Waals surface area contributed by atoms with Crippen LogP contribution in [0.2, 0.25) is 0 Å². The lowest BCUT2D eigenvalue weighted by molar-refractivity contribution is -0.119. The van der Waals surface area contributed by atoms with Gasteiger partial charge in [0.05, 0.1) is 5.92 Å². The second-order valence-corrected chi connectivity index (χ2v) is 6.45. The van der Waals surface area contributed by atoms with Gasteiger partial charge in [0, 0.05) is 16.7 Å². The molecule has 1 aliphatic rings. The Balaban J connectivity index is 1.99.